The van der Waals surface area contributed by atoms with Gasteiger partial charge in [-0.25, -0.2) is 9.97 Å². The van der Waals surface area contributed by atoms with Crippen molar-refractivity contribution >= 4 is 45.1 Å². The first-order valence-electron chi connectivity index (χ1n) is 9.95. The molecule has 0 unspecified atom stereocenters. The molecule has 1 amide bonds. The number of amides is 1. The maximum atomic E-state index is 12.9. The molecule has 0 saturated carbocycles. The third-order valence-electron chi connectivity index (χ3n) is 4.79. The average molecular weight is 505 g/mol. The normalized spacial score (nSPS) is 10.7. The van der Waals surface area contributed by atoms with Gasteiger partial charge >= 0.3 is 0 Å². The molecule has 4 aromatic rings. The Morgan fingerprint density at radius 3 is 2.09 bits per heavy atom. The summed E-state index contributed by atoms with van der Waals surface area (Å²) in [7, 11) is 0. The van der Waals surface area contributed by atoms with E-state index in [1.165, 1.54) is 17.3 Å². The average Bonchev–Trinajstić information content (AvgIpc) is 2.78. The number of aryl methyl sites for hydroxylation is 2. The van der Waals surface area contributed by atoms with Crippen LogP contribution in [-0.4, -0.2) is 15.9 Å². The van der Waals surface area contributed by atoms with Gasteiger partial charge < -0.3 is 11.1 Å². The van der Waals surface area contributed by atoms with Crippen LogP contribution in [0.2, 0.25) is 0 Å². The van der Waals surface area contributed by atoms with E-state index in [0.29, 0.717) is 22.1 Å². The Kier molecular flexibility index (Phi) is 6.58. The number of carbonyl (C=O) groups is 1. The summed E-state index contributed by atoms with van der Waals surface area (Å²) in [4.78, 5) is 23.1. The fourth-order valence-electron chi connectivity index (χ4n) is 2.98. The molecule has 7 heteroatoms. The van der Waals surface area contributed by atoms with Crippen LogP contribution in [0.3, 0.4) is 0 Å². The van der Waals surface area contributed by atoms with Crippen LogP contribution in [0.1, 0.15) is 21.5 Å². The van der Waals surface area contributed by atoms with Gasteiger partial charge in [0, 0.05) is 20.5 Å². The number of halogens is 1. The second kappa shape index (κ2) is 9.54. The molecule has 0 aliphatic rings. The second-order valence-corrected chi connectivity index (χ2v) is 9.33. The van der Waals surface area contributed by atoms with Crippen molar-refractivity contribution in [2.45, 2.75) is 23.8 Å². The summed E-state index contributed by atoms with van der Waals surface area (Å²) in [5, 5.41) is 3.50. The number of carbonyl (C=O) groups excluding carboxylic acids is 1. The van der Waals surface area contributed by atoms with Gasteiger partial charge in [-0.3, -0.25) is 4.79 Å². The fraction of sp³-hybridized carbons (Fsp3) is 0.0800. The van der Waals surface area contributed by atoms with Crippen LogP contribution in [0.15, 0.2) is 87.2 Å². The highest BCUT2D eigenvalue weighted by Gasteiger charge is 2.18. The lowest BCUT2D eigenvalue weighted by molar-refractivity contribution is 0.102. The Morgan fingerprint density at radius 2 is 1.47 bits per heavy atom. The molecular formula is C25H21BrN4OS. The molecule has 3 N–H and O–H groups in total. The summed E-state index contributed by atoms with van der Waals surface area (Å²) in [5.74, 6) is 0.452. The van der Waals surface area contributed by atoms with Crippen molar-refractivity contribution in [1.82, 2.24) is 9.97 Å². The van der Waals surface area contributed by atoms with Crippen LogP contribution >= 0.6 is 27.7 Å². The topological polar surface area (TPSA) is 80.9 Å². The van der Waals surface area contributed by atoms with Crippen LogP contribution in [0.5, 0.6) is 0 Å². The van der Waals surface area contributed by atoms with Crippen LogP contribution in [-0.2, 0) is 0 Å². The minimum absolute atomic E-state index is 0.216. The number of rotatable bonds is 5. The molecule has 1 aromatic heterocycles. The molecule has 5 nitrogen and oxygen atoms in total. The van der Waals surface area contributed by atoms with Gasteiger partial charge in [0.25, 0.3) is 5.91 Å². The van der Waals surface area contributed by atoms with Gasteiger partial charge in [0.1, 0.15) is 10.7 Å². The Labute approximate surface area is 199 Å². The molecule has 0 aliphatic heterocycles. The lowest BCUT2D eigenvalue weighted by atomic mass is 10.1. The number of aromatic nitrogens is 2. The zero-order chi connectivity index (χ0) is 22.7. The largest absolute Gasteiger partial charge is 0.382 e. The van der Waals surface area contributed by atoms with Crippen molar-refractivity contribution in [1.29, 1.82) is 0 Å². The molecule has 0 atom stereocenters. The first-order valence-corrected chi connectivity index (χ1v) is 11.6. The maximum Gasteiger partial charge on any atom is 0.255 e. The van der Waals surface area contributed by atoms with Crippen molar-refractivity contribution < 1.29 is 4.79 Å². The predicted octanol–water partition coefficient (Wildman–Crippen LogP) is 6.51. The van der Waals surface area contributed by atoms with Gasteiger partial charge in [0.2, 0.25) is 0 Å². The van der Waals surface area contributed by atoms with E-state index in [1.807, 2.05) is 74.5 Å². The molecule has 0 aliphatic carbocycles. The number of anilines is 2. The SMILES string of the molecule is Cc1ccc(Sc2nc(-c3ccc(Br)cc3)nc(N)c2NC(=O)c2ccc(C)cc2)cc1. The number of hydrogen-bond acceptors (Lipinski definition) is 5. The maximum absolute atomic E-state index is 12.9. The molecular weight excluding hydrogens is 484 g/mol. The summed E-state index contributed by atoms with van der Waals surface area (Å²) in [6, 6.07) is 23.2. The highest BCUT2D eigenvalue weighted by Crippen LogP contribution is 2.36. The molecule has 0 spiro atoms. The number of nitrogen functional groups attached to an aromatic ring is 1. The third-order valence-corrected chi connectivity index (χ3v) is 6.32. The van der Waals surface area contributed by atoms with Crippen LogP contribution in [0, 0.1) is 13.8 Å². The van der Waals surface area contributed by atoms with Crippen molar-refractivity contribution in [3.05, 3.63) is 94.0 Å². The van der Waals surface area contributed by atoms with E-state index in [1.54, 1.807) is 12.1 Å². The number of nitrogens with two attached hydrogens (primary N) is 1. The quantitative estimate of drug-likeness (QED) is 0.302. The standard InChI is InChI=1S/C25H21BrN4OS/c1-15-3-7-18(8-4-15)24(31)28-21-22(27)29-23(17-9-11-19(26)12-10-17)30-25(21)32-20-13-5-16(2)6-14-20/h3-14H,1-2H3,(H,28,31)(H2,27,29,30). The minimum atomic E-state index is -0.262. The van der Waals surface area contributed by atoms with Gasteiger partial charge in [-0.05, 0) is 50.2 Å². The lowest BCUT2D eigenvalue weighted by Gasteiger charge is -2.14. The van der Waals surface area contributed by atoms with Gasteiger partial charge in [0.15, 0.2) is 11.6 Å². The summed E-state index contributed by atoms with van der Waals surface area (Å²) < 4.78 is 0.963. The molecule has 3 aromatic carbocycles. The zero-order valence-corrected chi connectivity index (χ0v) is 20.0. The van der Waals surface area contributed by atoms with E-state index in [0.717, 1.165) is 20.5 Å². The highest BCUT2D eigenvalue weighted by atomic mass is 79.9. The van der Waals surface area contributed by atoms with Crippen molar-refractivity contribution in [3.8, 4) is 11.4 Å². The van der Waals surface area contributed by atoms with E-state index in [9.17, 15) is 4.79 Å². The van der Waals surface area contributed by atoms with Crippen molar-refractivity contribution in [2.24, 2.45) is 0 Å². The van der Waals surface area contributed by atoms with Crippen LogP contribution in [0.4, 0.5) is 11.5 Å². The van der Waals surface area contributed by atoms with Gasteiger partial charge in [0.05, 0.1) is 0 Å². The highest BCUT2D eigenvalue weighted by molar-refractivity contribution is 9.10. The Balaban J connectivity index is 1.74. The summed E-state index contributed by atoms with van der Waals surface area (Å²) >= 11 is 4.88. The van der Waals surface area contributed by atoms with Gasteiger partial charge in [-0.1, -0.05) is 75.2 Å². The molecule has 160 valence electrons. The molecule has 0 saturated heterocycles. The number of benzene rings is 3. The molecule has 1 heterocycles. The van der Waals surface area contributed by atoms with Crippen LogP contribution < -0.4 is 11.1 Å². The van der Waals surface area contributed by atoms with Gasteiger partial charge in [-0.15, -0.1) is 0 Å². The zero-order valence-electron chi connectivity index (χ0n) is 17.6. The van der Waals surface area contributed by atoms with E-state index in [-0.39, 0.29) is 11.7 Å². The Bertz CT molecular complexity index is 1260. The molecule has 0 radical (unpaired) electrons. The predicted molar refractivity (Wildman–Crippen MR) is 134 cm³/mol. The first-order chi connectivity index (χ1) is 15.4. The van der Waals surface area contributed by atoms with E-state index in [2.05, 4.69) is 26.2 Å². The number of nitrogens with zero attached hydrogens (tertiary/aromatic N) is 2. The fourth-order valence-corrected chi connectivity index (χ4v) is 4.13. The van der Waals surface area contributed by atoms with E-state index < -0.39 is 0 Å². The molecule has 32 heavy (non-hydrogen) atoms. The number of hydrogen-bond donors (Lipinski definition) is 2. The van der Waals surface area contributed by atoms with Crippen molar-refractivity contribution in [2.75, 3.05) is 11.1 Å². The molecule has 0 fully saturated rings. The molecule has 4 rings (SSSR count). The monoisotopic (exact) mass is 504 g/mol. The lowest BCUT2D eigenvalue weighted by Crippen LogP contribution is -2.15. The second-order valence-electron chi connectivity index (χ2n) is 7.35. The molecule has 0 bridgehead atoms. The summed E-state index contributed by atoms with van der Waals surface area (Å²) in [5.41, 5.74) is 10.4. The van der Waals surface area contributed by atoms with Crippen molar-refractivity contribution in [3.63, 3.8) is 0 Å². The minimum Gasteiger partial charge on any atom is -0.382 e. The van der Waals surface area contributed by atoms with Crippen LogP contribution in [0.25, 0.3) is 11.4 Å². The van der Waals surface area contributed by atoms with Gasteiger partial charge in [-0.2, -0.15) is 0 Å². The third kappa shape index (κ3) is 5.18. The Hall–Kier alpha value is -3.16. The smallest absolute Gasteiger partial charge is 0.255 e. The van der Waals surface area contributed by atoms with E-state index in [4.69, 9.17) is 10.7 Å². The summed E-state index contributed by atoms with van der Waals surface area (Å²) in [6.07, 6.45) is 0. The summed E-state index contributed by atoms with van der Waals surface area (Å²) in [6.45, 7) is 4.01. The van der Waals surface area contributed by atoms with E-state index >= 15 is 0 Å². The number of nitrogens with one attached hydrogen (secondary N) is 1. The Morgan fingerprint density at radius 1 is 0.875 bits per heavy atom. The first kappa shape index (κ1) is 22.0.